The molecule has 0 radical (unpaired) electrons. The Bertz CT molecular complexity index is 540. The lowest BCUT2D eigenvalue weighted by Crippen LogP contribution is -2.41. The van der Waals surface area contributed by atoms with Crippen LogP contribution >= 0.6 is 11.6 Å². The van der Waals surface area contributed by atoms with E-state index in [4.69, 9.17) is 20.9 Å². The van der Waals surface area contributed by atoms with Crippen LogP contribution in [-0.2, 0) is 9.31 Å². The van der Waals surface area contributed by atoms with E-state index in [1.807, 2.05) is 6.07 Å². The molecule has 0 amide bonds. The molecule has 1 N–H and O–H groups in total. The van der Waals surface area contributed by atoms with Crippen molar-refractivity contribution < 1.29 is 9.31 Å². The number of halogens is 1. The van der Waals surface area contributed by atoms with E-state index in [1.54, 1.807) is 0 Å². The summed E-state index contributed by atoms with van der Waals surface area (Å²) in [5, 5.41) is 4.26. The molecular weight excluding hydrogens is 296 g/mol. The average molecular weight is 322 g/mol. The topological polar surface area (TPSA) is 30.5 Å². The third kappa shape index (κ3) is 2.82. The Morgan fingerprint density at radius 3 is 2.45 bits per heavy atom. The SMILES string of the molecule is CC1(C)OB(c2cccc(C3CCCNC3)c2Cl)OC1(C)C. The predicted octanol–water partition coefficient (Wildman–Crippen LogP) is 3.11. The molecule has 0 aromatic heterocycles. The maximum Gasteiger partial charge on any atom is 0.496 e. The Kier molecular flexibility index (Phi) is 4.32. The van der Waals surface area contributed by atoms with E-state index in [9.17, 15) is 0 Å². The summed E-state index contributed by atoms with van der Waals surface area (Å²) in [6.07, 6.45) is 2.38. The molecule has 1 aromatic rings. The fraction of sp³-hybridized carbons (Fsp3) is 0.647. The maximum atomic E-state index is 6.72. The van der Waals surface area contributed by atoms with Crippen LogP contribution in [0.15, 0.2) is 18.2 Å². The molecule has 0 saturated carbocycles. The van der Waals surface area contributed by atoms with Gasteiger partial charge in [0.25, 0.3) is 0 Å². The molecule has 2 heterocycles. The smallest absolute Gasteiger partial charge is 0.399 e. The van der Waals surface area contributed by atoms with Crippen molar-refractivity contribution >= 4 is 24.2 Å². The molecular formula is C17H25BClNO2. The Hall–Kier alpha value is -0.545. The van der Waals surface area contributed by atoms with E-state index in [0.29, 0.717) is 5.92 Å². The number of piperidine rings is 1. The van der Waals surface area contributed by atoms with E-state index >= 15 is 0 Å². The second-order valence-electron chi connectivity index (χ2n) is 7.38. The Balaban J connectivity index is 1.89. The fourth-order valence-corrected chi connectivity index (χ4v) is 3.52. The van der Waals surface area contributed by atoms with Crippen LogP contribution in [0.4, 0.5) is 0 Å². The lowest BCUT2D eigenvalue weighted by Gasteiger charge is -2.32. The monoisotopic (exact) mass is 321 g/mol. The highest BCUT2D eigenvalue weighted by Crippen LogP contribution is 2.38. The minimum atomic E-state index is -0.394. The Labute approximate surface area is 138 Å². The zero-order valence-corrected chi connectivity index (χ0v) is 14.7. The minimum absolute atomic E-state index is 0.344. The van der Waals surface area contributed by atoms with E-state index in [2.05, 4.69) is 45.1 Å². The third-order valence-electron chi connectivity index (χ3n) is 5.30. The predicted molar refractivity (Wildman–Crippen MR) is 92.0 cm³/mol. The molecule has 0 bridgehead atoms. The van der Waals surface area contributed by atoms with Crippen LogP contribution in [0.2, 0.25) is 5.02 Å². The van der Waals surface area contributed by atoms with E-state index in [0.717, 1.165) is 23.6 Å². The molecule has 2 saturated heterocycles. The van der Waals surface area contributed by atoms with Crippen molar-refractivity contribution in [1.29, 1.82) is 0 Å². The van der Waals surface area contributed by atoms with Crippen molar-refractivity contribution in [2.45, 2.75) is 57.7 Å². The van der Waals surface area contributed by atoms with E-state index < -0.39 is 7.12 Å². The molecule has 0 aliphatic carbocycles. The van der Waals surface area contributed by atoms with Gasteiger partial charge in [-0.25, -0.2) is 0 Å². The van der Waals surface area contributed by atoms with Gasteiger partial charge in [-0.15, -0.1) is 0 Å². The number of hydrogen-bond donors (Lipinski definition) is 1. The summed E-state index contributed by atoms with van der Waals surface area (Å²) >= 11 is 6.72. The van der Waals surface area contributed by atoms with Crippen LogP contribution in [0.5, 0.6) is 0 Å². The summed E-state index contributed by atoms with van der Waals surface area (Å²) in [5.74, 6) is 0.476. The fourth-order valence-electron chi connectivity index (χ4n) is 3.15. The molecule has 1 atom stereocenters. The van der Waals surface area contributed by atoms with Gasteiger partial charge >= 0.3 is 7.12 Å². The average Bonchev–Trinajstić information content (AvgIpc) is 2.68. The largest absolute Gasteiger partial charge is 0.496 e. The van der Waals surface area contributed by atoms with Crippen molar-refractivity contribution in [2.75, 3.05) is 13.1 Å². The molecule has 2 aliphatic heterocycles. The number of benzene rings is 1. The molecule has 3 nitrogen and oxygen atoms in total. The van der Waals surface area contributed by atoms with Gasteiger partial charge in [0.1, 0.15) is 0 Å². The molecule has 22 heavy (non-hydrogen) atoms. The first-order valence-corrected chi connectivity index (χ1v) is 8.54. The van der Waals surface area contributed by atoms with Gasteiger partial charge in [-0.2, -0.15) is 0 Å². The van der Waals surface area contributed by atoms with Crippen molar-refractivity contribution in [1.82, 2.24) is 5.32 Å². The normalized spacial score (nSPS) is 27.1. The van der Waals surface area contributed by atoms with Gasteiger partial charge in [-0.05, 0) is 58.6 Å². The molecule has 120 valence electrons. The summed E-state index contributed by atoms with van der Waals surface area (Å²) in [4.78, 5) is 0. The molecule has 2 fully saturated rings. The molecule has 1 unspecified atom stereocenters. The number of nitrogens with one attached hydrogen (secondary N) is 1. The highest BCUT2D eigenvalue weighted by Gasteiger charge is 2.52. The standard InChI is InChI=1S/C17H25BClNO2/c1-16(2)17(3,4)22-18(21-16)14-9-5-8-13(15(14)19)12-7-6-10-20-11-12/h5,8-9,12,20H,6-7,10-11H2,1-4H3. The van der Waals surface area contributed by atoms with Gasteiger partial charge in [-0.1, -0.05) is 29.8 Å². The van der Waals surface area contributed by atoms with Crippen molar-refractivity contribution in [3.05, 3.63) is 28.8 Å². The number of rotatable bonds is 2. The summed E-state index contributed by atoms with van der Waals surface area (Å²) in [6, 6.07) is 6.22. The zero-order chi connectivity index (χ0) is 16.0. The first-order chi connectivity index (χ1) is 10.3. The third-order valence-corrected chi connectivity index (χ3v) is 5.74. The second kappa shape index (κ2) is 5.83. The molecule has 0 spiro atoms. The second-order valence-corrected chi connectivity index (χ2v) is 7.76. The Morgan fingerprint density at radius 1 is 1.18 bits per heavy atom. The number of hydrogen-bond acceptors (Lipinski definition) is 3. The van der Waals surface area contributed by atoms with Crippen LogP contribution in [-0.4, -0.2) is 31.4 Å². The zero-order valence-electron chi connectivity index (χ0n) is 13.9. The molecule has 3 rings (SSSR count). The summed E-state index contributed by atoms with van der Waals surface area (Å²) in [5.41, 5.74) is 1.47. The lowest BCUT2D eigenvalue weighted by molar-refractivity contribution is 0.00578. The first kappa shape index (κ1) is 16.3. The summed E-state index contributed by atoms with van der Waals surface area (Å²) in [7, 11) is -0.394. The van der Waals surface area contributed by atoms with Crippen LogP contribution < -0.4 is 10.8 Å². The van der Waals surface area contributed by atoms with Crippen molar-refractivity contribution in [3.8, 4) is 0 Å². The molecule has 1 aromatic carbocycles. The van der Waals surface area contributed by atoms with Gasteiger partial charge in [0.2, 0.25) is 0 Å². The van der Waals surface area contributed by atoms with Gasteiger partial charge in [-0.3, -0.25) is 0 Å². The minimum Gasteiger partial charge on any atom is -0.399 e. The van der Waals surface area contributed by atoms with Crippen LogP contribution in [0.1, 0.15) is 52.0 Å². The van der Waals surface area contributed by atoms with Gasteiger partial charge in [0.15, 0.2) is 0 Å². The lowest BCUT2D eigenvalue weighted by atomic mass is 9.76. The first-order valence-electron chi connectivity index (χ1n) is 8.16. The van der Waals surface area contributed by atoms with Crippen LogP contribution in [0, 0.1) is 0 Å². The van der Waals surface area contributed by atoms with E-state index in [1.165, 1.54) is 18.4 Å². The van der Waals surface area contributed by atoms with Gasteiger partial charge in [0.05, 0.1) is 11.2 Å². The van der Waals surface area contributed by atoms with Crippen LogP contribution in [0.25, 0.3) is 0 Å². The van der Waals surface area contributed by atoms with Crippen molar-refractivity contribution in [2.24, 2.45) is 0 Å². The Morgan fingerprint density at radius 2 is 1.86 bits per heavy atom. The summed E-state index contributed by atoms with van der Waals surface area (Å²) < 4.78 is 12.3. The molecule has 2 aliphatic rings. The quantitative estimate of drug-likeness (QED) is 0.849. The van der Waals surface area contributed by atoms with Crippen molar-refractivity contribution in [3.63, 3.8) is 0 Å². The highest BCUT2D eigenvalue weighted by molar-refractivity contribution is 6.65. The molecule has 5 heteroatoms. The highest BCUT2D eigenvalue weighted by atomic mass is 35.5. The van der Waals surface area contributed by atoms with Gasteiger partial charge < -0.3 is 14.6 Å². The van der Waals surface area contributed by atoms with Gasteiger partial charge in [0, 0.05) is 17.0 Å². The van der Waals surface area contributed by atoms with E-state index in [-0.39, 0.29) is 11.2 Å². The van der Waals surface area contributed by atoms with Crippen LogP contribution in [0.3, 0.4) is 0 Å². The maximum absolute atomic E-state index is 6.72. The summed E-state index contributed by atoms with van der Waals surface area (Å²) in [6.45, 7) is 10.4.